The smallest absolute Gasteiger partial charge is 0.310 e. The van der Waals surface area contributed by atoms with E-state index < -0.39 is 0 Å². The molecule has 3 nitrogen and oxygen atoms in total. The van der Waals surface area contributed by atoms with Crippen LogP contribution in [0.1, 0.15) is 33.1 Å². The number of ether oxygens (including phenoxy) is 1. The Labute approximate surface area is 83.8 Å². The van der Waals surface area contributed by atoms with Crippen LogP contribution in [0.3, 0.4) is 0 Å². The van der Waals surface area contributed by atoms with Crippen molar-refractivity contribution in [3.63, 3.8) is 0 Å². The minimum absolute atomic E-state index is 0.0149. The first-order valence-corrected chi connectivity index (χ1v) is 5.38. The van der Waals surface area contributed by atoms with Crippen molar-refractivity contribution in [2.75, 3.05) is 0 Å². The molecule has 0 saturated heterocycles. The first kappa shape index (κ1) is 9.69. The average molecular weight is 196 g/mol. The van der Waals surface area contributed by atoms with Gasteiger partial charge in [-0.05, 0) is 25.7 Å². The van der Waals surface area contributed by atoms with Crippen molar-refractivity contribution in [3.05, 3.63) is 0 Å². The lowest BCUT2D eigenvalue weighted by molar-refractivity contribution is -0.151. The summed E-state index contributed by atoms with van der Waals surface area (Å²) in [4.78, 5) is 22.8. The van der Waals surface area contributed by atoms with Gasteiger partial charge in [-0.25, -0.2) is 0 Å². The molecule has 2 aliphatic rings. The molecule has 0 aromatic heterocycles. The Morgan fingerprint density at radius 1 is 1.64 bits per heavy atom. The molecule has 2 fully saturated rings. The second kappa shape index (κ2) is 3.37. The van der Waals surface area contributed by atoms with Crippen LogP contribution in [0, 0.1) is 17.8 Å². The van der Waals surface area contributed by atoms with Gasteiger partial charge in [0, 0.05) is 12.3 Å². The number of carbonyl (C=O) groups is 2. The fourth-order valence-corrected chi connectivity index (χ4v) is 2.33. The van der Waals surface area contributed by atoms with Gasteiger partial charge in [-0.2, -0.15) is 0 Å². The van der Waals surface area contributed by atoms with Gasteiger partial charge in [-0.15, -0.1) is 0 Å². The quantitative estimate of drug-likeness (QED) is 0.643. The predicted octanol–water partition coefficient (Wildman–Crippen LogP) is 1.55. The number of hydrogen-bond acceptors (Lipinski definition) is 3. The molecule has 3 heteroatoms. The van der Waals surface area contributed by atoms with Crippen LogP contribution in [0.15, 0.2) is 0 Å². The summed E-state index contributed by atoms with van der Waals surface area (Å²) in [5, 5.41) is 0. The van der Waals surface area contributed by atoms with Crippen LogP contribution < -0.4 is 0 Å². The molecule has 0 heterocycles. The minimum atomic E-state index is -0.151. The van der Waals surface area contributed by atoms with Gasteiger partial charge in [0.2, 0.25) is 0 Å². The van der Waals surface area contributed by atoms with E-state index in [2.05, 4.69) is 0 Å². The first-order valence-electron chi connectivity index (χ1n) is 5.38. The molecule has 14 heavy (non-hydrogen) atoms. The maximum Gasteiger partial charge on any atom is 0.310 e. The molecule has 2 saturated carbocycles. The van der Waals surface area contributed by atoms with Gasteiger partial charge in [-0.3, -0.25) is 9.59 Å². The van der Waals surface area contributed by atoms with Gasteiger partial charge < -0.3 is 4.74 Å². The number of esters is 1. The average Bonchev–Trinajstić information content (AvgIpc) is 2.78. The lowest BCUT2D eigenvalue weighted by Crippen LogP contribution is -2.18. The molecule has 0 aromatic rings. The standard InChI is InChI=1S/C11H16O3/c1-3-6(2)14-11(13)10-7-4-5-8(12)9(7)10/h6-7,9-10H,3-5H2,1-2H3. The number of fused-ring (bicyclic) bond motifs is 1. The van der Waals surface area contributed by atoms with E-state index in [1.54, 1.807) is 0 Å². The van der Waals surface area contributed by atoms with E-state index in [1.807, 2.05) is 13.8 Å². The third-order valence-corrected chi connectivity index (χ3v) is 3.43. The summed E-state index contributed by atoms with van der Waals surface area (Å²) in [6.07, 6.45) is 2.38. The summed E-state index contributed by atoms with van der Waals surface area (Å²) in [5.41, 5.74) is 0. The van der Waals surface area contributed by atoms with E-state index in [0.717, 1.165) is 12.8 Å². The van der Waals surface area contributed by atoms with Gasteiger partial charge in [0.15, 0.2) is 0 Å². The van der Waals surface area contributed by atoms with Crippen molar-refractivity contribution in [1.29, 1.82) is 0 Å². The normalized spacial score (nSPS) is 36.4. The van der Waals surface area contributed by atoms with E-state index in [1.165, 1.54) is 0 Å². The van der Waals surface area contributed by atoms with Crippen LogP contribution in [0.2, 0.25) is 0 Å². The molecule has 0 aliphatic heterocycles. The third-order valence-electron chi connectivity index (χ3n) is 3.43. The molecule has 78 valence electrons. The van der Waals surface area contributed by atoms with Crippen LogP contribution in [-0.4, -0.2) is 17.9 Å². The fraction of sp³-hybridized carbons (Fsp3) is 0.818. The Hall–Kier alpha value is -0.860. The van der Waals surface area contributed by atoms with Gasteiger partial charge in [-0.1, -0.05) is 6.92 Å². The van der Waals surface area contributed by atoms with Crippen LogP contribution in [-0.2, 0) is 14.3 Å². The number of rotatable bonds is 3. The molecule has 4 unspecified atom stereocenters. The van der Waals surface area contributed by atoms with Crippen molar-refractivity contribution in [2.45, 2.75) is 39.2 Å². The predicted molar refractivity (Wildman–Crippen MR) is 50.6 cm³/mol. The number of carbonyl (C=O) groups excluding carboxylic acids is 2. The van der Waals surface area contributed by atoms with Crippen LogP contribution in [0.4, 0.5) is 0 Å². The van der Waals surface area contributed by atoms with Gasteiger partial charge in [0.25, 0.3) is 0 Å². The number of ketones is 1. The van der Waals surface area contributed by atoms with Crippen molar-refractivity contribution in [2.24, 2.45) is 17.8 Å². The molecule has 0 radical (unpaired) electrons. The summed E-state index contributed by atoms with van der Waals surface area (Å²) >= 11 is 0. The summed E-state index contributed by atoms with van der Waals surface area (Å²) in [7, 11) is 0. The highest BCUT2D eigenvalue weighted by Gasteiger charge is 2.62. The van der Waals surface area contributed by atoms with Gasteiger partial charge in [0.05, 0.1) is 12.0 Å². The summed E-state index contributed by atoms with van der Waals surface area (Å²) in [5.74, 6) is 0.361. The molecule has 0 bridgehead atoms. The molecular weight excluding hydrogens is 180 g/mol. The zero-order valence-electron chi connectivity index (χ0n) is 8.66. The van der Waals surface area contributed by atoms with Crippen LogP contribution in [0.5, 0.6) is 0 Å². The highest BCUT2D eigenvalue weighted by atomic mass is 16.5. The zero-order chi connectivity index (χ0) is 10.3. The molecule has 0 N–H and O–H groups in total. The molecule has 0 spiro atoms. The first-order chi connectivity index (χ1) is 6.65. The van der Waals surface area contributed by atoms with E-state index in [0.29, 0.717) is 12.3 Å². The Morgan fingerprint density at radius 3 is 2.86 bits per heavy atom. The zero-order valence-corrected chi connectivity index (χ0v) is 8.66. The van der Waals surface area contributed by atoms with E-state index in [9.17, 15) is 9.59 Å². The SMILES string of the molecule is CCC(C)OC(=O)C1C2CCC(=O)C21. The second-order valence-electron chi connectivity index (χ2n) is 4.38. The molecule has 2 aliphatic carbocycles. The van der Waals surface area contributed by atoms with Crippen molar-refractivity contribution in [3.8, 4) is 0 Å². The summed E-state index contributed by atoms with van der Waals surface area (Å²) in [6, 6.07) is 0. The van der Waals surface area contributed by atoms with Gasteiger partial charge in [0.1, 0.15) is 5.78 Å². The van der Waals surface area contributed by atoms with E-state index in [-0.39, 0.29) is 29.7 Å². The Morgan fingerprint density at radius 2 is 2.36 bits per heavy atom. The number of Topliss-reactive ketones (excluding diaryl/α,β-unsaturated/α-hetero) is 1. The molecule has 0 aromatic carbocycles. The Balaban J connectivity index is 1.87. The highest BCUT2D eigenvalue weighted by Crippen LogP contribution is 2.56. The monoisotopic (exact) mass is 196 g/mol. The third kappa shape index (κ3) is 1.45. The van der Waals surface area contributed by atoms with Crippen molar-refractivity contribution < 1.29 is 14.3 Å². The van der Waals surface area contributed by atoms with Crippen LogP contribution >= 0.6 is 0 Å². The summed E-state index contributed by atoms with van der Waals surface area (Å²) in [6.45, 7) is 3.87. The molecule has 0 amide bonds. The topological polar surface area (TPSA) is 43.4 Å². The maximum absolute atomic E-state index is 11.6. The lowest BCUT2D eigenvalue weighted by Gasteiger charge is -2.11. The van der Waals surface area contributed by atoms with Crippen molar-refractivity contribution >= 4 is 11.8 Å². The fourth-order valence-electron chi connectivity index (χ4n) is 2.33. The Bertz CT molecular complexity index is 272. The van der Waals surface area contributed by atoms with Crippen molar-refractivity contribution in [1.82, 2.24) is 0 Å². The maximum atomic E-state index is 11.6. The highest BCUT2D eigenvalue weighted by molar-refractivity contribution is 5.94. The lowest BCUT2D eigenvalue weighted by atomic mass is 10.1. The largest absolute Gasteiger partial charge is 0.462 e. The van der Waals surface area contributed by atoms with E-state index >= 15 is 0 Å². The number of hydrogen-bond donors (Lipinski definition) is 0. The summed E-state index contributed by atoms with van der Waals surface area (Å²) < 4.78 is 5.22. The molecule has 4 atom stereocenters. The molecule has 2 rings (SSSR count). The van der Waals surface area contributed by atoms with Crippen LogP contribution in [0.25, 0.3) is 0 Å². The molecular formula is C11H16O3. The van der Waals surface area contributed by atoms with Gasteiger partial charge >= 0.3 is 5.97 Å². The minimum Gasteiger partial charge on any atom is -0.462 e. The van der Waals surface area contributed by atoms with E-state index in [4.69, 9.17) is 4.74 Å². The Kier molecular flexibility index (Phi) is 2.33. The second-order valence-corrected chi connectivity index (χ2v) is 4.38.